The van der Waals surface area contributed by atoms with Crippen LogP contribution < -0.4 is 15.8 Å². The summed E-state index contributed by atoms with van der Waals surface area (Å²) >= 11 is 0. The molecule has 6 heteroatoms. The van der Waals surface area contributed by atoms with Crippen LogP contribution in [0.15, 0.2) is 18.2 Å². The molecular weight excluding hydrogens is 288 g/mol. The number of carbonyl (C=O) groups excluding carboxylic acids is 1. The first-order valence-electron chi connectivity index (χ1n) is 6.91. The van der Waals surface area contributed by atoms with E-state index in [1.54, 1.807) is 25.1 Å². The van der Waals surface area contributed by atoms with Gasteiger partial charge in [0.1, 0.15) is 11.0 Å². The van der Waals surface area contributed by atoms with Crippen LogP contribution in [-0.2, 0) is 15.6 Å². The Hall–Kier alpha value is -1.56. The molecule has 0 aliphatic carbocycles. The van der Waals surface area contributed by atoms with Gasteiger partial charge in [-0.1, -0.05) is 20.8 Å². The molecule has 0 spiro atoms. The summed E-state index contributed by atoms with van der Waals surface area (Å²) in [6, 6.07) is 4.98. The van der Waals surface area contributed by atoms with Crippen LogP contribution in [0.4, 0.5) is 11.4 Å². The van der Waals surface area contributed by atoms with Gasteiger partial charge in [0, 0.05) is 27.8 Å². The Morgan fingerprint density at radius 2 is 1.90 bits per heavy atom. The van der Waals surface area contributed by atoms with Gasteiger partial charge in [-0.05, 0) is 25.0 Å². The van der Waals surface area contributed by atoms with Gasteiger partial charge < -0.3 is 15.8 Å². The van der Waals surface area contributed by atoms with Crippen molar-refractivity contribution in [2.75, 3.05) is 18.2 Å². The number of methoxy groups -OCH3 is 1. The Morgan fingerprint density at radius 1 is 1.29 bits per heavy atom. The largest absolute Gasteiger partial charge is 0.494 e. The lowest BCUT2D eigenvalue weighted by molar-refractivity contribution is -0.115. The molecule has 1 aromatic rings. The van der Waals surface area contributed by atoms with Gasteiger partial charge in [0.25, 0.3) is 0 Å². The van der Waals surface area contributed by atoms with Crippen LogP contribution in [-0.4, -0.2) is 27.7 Å². The molecule has 3 unspecified atom stereocenters. The van der Waals surface area contributed by atoms with Crippen molar-refractivity contribution in [1.82, 2.24) is 0 Å². The molecule has 1 amide bonds. The SMILES string of the molecule is COc1cc(N)ccc1NC(=O)C(C)S(=O)C(C)C(C)C. The van der Waals surface area contributed by atoms with Gasteiger partial charge in [-0.15, -0.1) is 0 Å². The van der Waals surface area contributed by atoms with Crippen LogP contribution >= 0.6 is 0 Å². The highest BCUT2D eigenvalue weighted by Crippen LogP contribution is 2.27. The van der Waals surface area contributed by atoms with Gasteiger partial charge in [0.05, 0.1) is 12.8 Å². The fourth-order valence-electron chi connectivity index (χ4n) is 1.74. The smallest absolute Gasteiger partial charge is 0.239 e. The molecule has 0 saturated carbocycles. The van der Waals surface area contributed by atoms with Gasteiger partial charge >= 0.3 is 0 Å². The molecule has 118 valence electrons. The van der Waals surface area contributed by atoms with Crippen molar-refractivity contribution in [3.05, 3.63) is 18.2 Å². The number of rotatable bonds is 6. The van der Waals surface area contributed by atoms with Crippen LogP contribution in [0, 0.1) is 5.92 Å². The van der Waals surface area contributed by atoms with Gasteiger partial charge in [-0.2, -0.15) is 0 Å². The molecular formula is C15H24N2O3S. The second-order valence-corrected chi connectivity index (χ2v) is 7.48. The van der Waals surface area contributed by atoms with Crippen LogP contribution in [0.5, 0.6) is 5.75 Å². The standard InChI is InChI=1S/C15H24N2O3S/c1-9(2)10(3)21(19)11(4)15(18)17-13-7-6-12(16)8-14(13)20-5/h6-11H,16H2,1-5H3,(H,17,18). The van der Waals surface area contributed by atoms with Crippen LogP contribution in [0.1, 0.15) is 27.7 Å². The normalized spacial score (nSPS) is 15.3. The van der Waals surface area contributed by atoms with E-state index in [0.717, 1.165) is 0 Å². The average molecular weight is 312 g/mol. The van der Waals surface area contributed by atoms with Crippen molar-refractivity contribution in [3.8, 4) is 5.75 Å². The zero-order valence-electron chi connectivity index (χ0n) is 13.2. The fraction of sp³-hybridized carbons (Fsp3) is 0.533. The second-order valence-electron chi connectivity index (χ2n) is 5.37. The third kappa shape index (κ3) is 4.46. The Bertz CT molecular complexity index is 532. The van der Waals surface area contributed by atoms with Crippen molar-refractivity contribution in [3.63, 3.8) is 0 Å². The van der Waals surface area contributed by atoms with E-state index in [1.807, 2.05) is 20.8 Å². The Kier molecular flexibility index (Phi) is 6.20. The topological polar surface area (TPSA) is 81.4 Å². The summed E-state index contributed by atoms with van der Waals surface area (Å²) in [6.07, 6.45) is 0. The molecule has 0 radical (unpaired) electrons. The molecule has 0 aromatic heterocycles. The third-order valence-electron chi connectivity index (χ3n) is 3.51. The molecule has 0 fully saturated rings. The minimum absolute atomic E-state index is 0.0425. The van der Waals surface area contributed by atoms with E-state index in [4.69, 9.17) is 10.5 Å². The molecule has 5 nitrogen and oxygen atoms in total. The van der Waals surface area contributed by atoms with E-state index in [2.05, 4.69) is 5.32 Å². The van der Waals surface area contributed by atoms with Crippen molar-refractivity contribution in [1.29, 1.82) is 0 Å². The molecule has 3 N–H and O–H groups in total. The second kappa shape index (κ2) is 7.45. The molecule has 0 bridgehead atoms. The maximum atomic E-state index is 12.3. The summed E-state index contributed by atoms with van der Waals surface area (Å²) in [4.78, 5) is 12.2. The van der Waals surface area contributed by atoms with Crippen molar-refractivity contribution >= 4 is 28.1 Å². The number of benzene rings is 1. The number of nitrogens with one attached hydrogen (secondary N) is 1. The van der Waals surface area contributed by atoms with Crippen LogP contribution in [0.3, 0.4) is 0 Å². The predicted octanol–water partition coefficient (Wildman–Crippen LogP) is 2.40. The van der Waals surface area contributed by atoms with E-state index in [0.29, 0.717) is 17.1 Å². The summed E-state index contributed by atoms with van der Waals surface area (Å²) < 4.78 is 17.5. The molecule has 1 aromatic carbocycles. The lowest BCUT2D eigenvalue weighted by Gasteiger charge is -2.20. The first-order valence-corrected chi connectivity index (χ1v) is 8.19. The molecule has 21 heavy (non-hydrogen) atoms. The molecule has 3 atom stereocenters. The summed E-state index contributed by atoms with van der Waals surface area (Å²) in [5.41, 5.74) is 6.75. The zero-order valence-corrected chi connectivity index (χ0v) is 14.0. The van der Waals surface area contributed by atoms with E-state index in [-0.39, 0.29) is 17.1 Å². The molecule has 0 heterocycles. The highest BCUT2D eigenvalue weighted by atomic mass is 32.2. The predicted molar refractivity (Wildman–Crippen MR) is 87.9 cm³/mol. The highest BCUT2D eigenvalue weighted by Gasteiger charge is 2.26. The summed E-state index contributed by atoms with van der Waals surface area (Å²) in [7, 11) is 0.273. The zero-order chi connectivity index (χ0) is 16.2. The quantitative estimate of drug-likeness (QED) is 0.790. The summed E-state index contributed by atoms with van der Waals surface area (Å²) in [5, 5.41) is 2.12. The van der Waals surface area contributed by atoms with Crippen molar-refractivity contribution in [2.45, 2.75) is 38.2 Å². The van der Waals surface area contributed by atoms with Gasteiger partial charge in [0.15, 0.2) is 0 Å². The number of hydrogen-bond acceptors (Lipinski definition) is 4. The molecule has 0 saturated heterocycles. The van der Waals surface area contributed by atoms with Crippen molar-refractivity contribution in [2.24, 2.45) is 5.92 Å². The maximum absolute atomic E-state index is 12.3. The number of hydrogen-bond donors (Lipinski definition) is 2. The van der Waals surface area contributed by atoms with Gasteiger partial charge in [-0.3, -0.25) is 9.00 Å². The maximum Gasteiger partial charge on any atom is 0.239 e. The van der Waals surface area contributed by atoms with E-state index < -0.39 is 16.0 Å². The average Bonchev–Trinajstić information content (AvgIpc) is 2.46. The van der Waals surface area contributed by atoms with Crippen molar-refractivity contribution < 1.29 is 13.7 Å². The highest BCUT2D eigenvalue weighted by molar-refractivity contribution is 7.87. The summed E-state index contributed by atoms with van der Waals surface area (Å²) in [6.45, 7) is 7.56. The Labute approximate surface area is 128 Å². The van der Waals surface area contributed by atoms with Gasteiger partial charge in [-0.25, -0.2) is 0 Å². The molecule has 1 rings (SSSR count). The van der Waals surface area contributed by atoms with E-state index in [9.17, 15) is 9.00 Å². The van der Waals surface area contributed by atoms with Crippen LogP contribution in [0.2, 0.25) is 0 Å². The van der Waals surface area contributed by atoms with E-state index >= 15 is 0 Å². The van der Waals surface area contributed by atoms with E-state index in [1.165, 1.54) is 7.11 Å². The Morgan fingerprint density at radius 3 is 2.43 bits per heavy atom. The minimum Gasteiger partial charge on any atom is -0.494 e. The number of anilines is 2. The number of amides is 1. The number of ether oxygens (including phenoxy) is 1. The lowest BCUT2D eigenvalue weighted by Crippen LogP contribution is -2.35. The Balaban J connectivity index is 2.84. The number of carbonyl (C=O) groups is 1. The monoisotopic (exact) mass is 312 g/mol. The lowest BCUT2D eigenvalue weighted by atomic mass is 10.2. The minimum atomic E-state index is -1.23. The molecule has 0 aliphatic rings. The number of nitrogens with two attached hydrogens (primary N) is 1. The summed E-state index contributed by atoms with van der Waals surface area (Å²) in [5.74, 6) is 0.453. The first-order chi connectivity index (χ1) is 9.77. The molecule has 0 aliphatic heterocycles. The first kappa shape index (κ1) is 17.5. The third-order valence-corrected chi connectivity index (χ3v) is 5.69. The fourth-order valence-corrected chi connectivity index (χ4v) is 3.19. The number of nitrogen functional groups attached to an aromatic ring is 1. The van der Waals surface area contributed by atoms with Gasteiger partial charge in [0.2, 0.25) is 5.91 Å². The van der Waals surface area contributed by atoms with Crippen LogP contribution in [0.25, 0.3) is 0 Å².